The number of aliphatic hydroxyl groups is 1. The van der Waals surface area contributed by atoms with Crippen molar-refractivity contribution in [2.45, 2.75) is 38.8 Å². The van der Waals surface area contributed by atoms with Crippen LogP contribution in [0.15, 0.2) is 30.5 Å². The van der Waals surface area contributed by atoms with Crippen LogP contribution < -0.4 is 5.32 Å². The third-order valence-electron chi connectivity index (χ3n) is 5.20. The van der Waals surface area contributed by atoms with Gasteiger partial charge >= 0.3 is 0 Å². The molecule has 0 bridgehead atoms. The summed E-state index contributed by atoms with van der Waals surface area (Å²) >= 11 is 0. The van der Waals surface area contributed by atoms with Gasteiger partial charge in [-0.15, -0.1) is 0 Å². The predicted octanol–water partition coefficient (Wildman–Crippen LogP) is 4.53. The Balaban J connectivity index is 1.96. The minimum absolute atomic E-state index is 0.0556. The van der Waals surface area contributed by atoms with E-state index in [1.165, 1.54) is 6.07 Å². The average Bonchev–Trinajstić information content (AvgIpc) is 2.92. The van der Waals surface area contributed by atoms with Gasteiger partial charge in [-0.05, 0) is 32.4 Å². The Hall–Kier alpha value is -2.40. The second kappa shape index (κ2) is 5.30. The van der Waals surface area contributed by atoms with Gasteiger partial charge in [-0.25, -0.2) is 8.78 Å². The van der Waals surface area contributed by atoms with Gasteiger partial charge in [0.05, 0.1) is 22.7 Å². The maximum atomic E-state index is 15.3. The van der Waals surface area contributed by atoms with E-state index in [0.717, 1.165) is 10.9 Å². The summed E-state index contributed by atoms with van der Waals surface area (Å²) in [5.74, 6) is -1.23. The first-order valence-electron chi connectivity index (χ1n) is 8.34. The zero-order chi connectivity index (χ0) is 17.9. The normalized spacial score (nSPS) is 18.9. The summed E-state index contributed by atoms with van der Waals surface area (Å²) in [6.45, 7) is 5.57. The quantitative estimate of drug-likeness (QED) is 0.608. The number of anilines is 1. The van der Waals surface area contributed by atoms with Gasteiger partial charge in [0.15, 0.2) is 0 Å². The summed E-state index contributed by atoms with van der Waals surface area (Å²) in [4.78, 5) is 3.11. The first-order valence-corrected chi connectivity index (χ1v) is 8.34. The number of rotatable bonds is 1. The second-order valence-corrected chi connectivity index (χ2v) is 7.34. The van der Waals surface area contributed by atoms with Gasteiger partial charge in [0, 0.05) is 34.8 Å². The van der Waals surface area contributed by atoms with Crippen molar-refractivity contribution in [3.05, 3.63) is 53.2 Å². The van der Waals surface area contributed by atoms with E-state index < -0.39 is 23.3 Å². The topological polar surface area (TPSA) is 48.0 Å². The molecule has 2 aromatic carbocycles. The summed E-state index contributed by atoms with van der Waals surface area (Å²) in [7, 11) is 0. The van der Waals surface area contributed by atoms with E-state index in [9.17, 15) is 9.50 Å². The highest BCUT2D eigenvalue weighted by Crippen LogP contribution is 2.40. The predicted molar refractivity (Wildman–Crippen MR) is 95.8 cm³/mol. The Morgan fingerprint density at radius 2 is 2.00 bits per heavy atom. The minimum atomic E-state index is -0.753. The van der Waals surface area contributed by atoms with Crippen LogP contribution in [0.5, 0.6) is 0 Å². The zero-order valence-corrected chi connectivity index (χ0v) is 14.4. The van der Waals surface area contributed by atoms with Crippen LogP contribution in [0, 0.1) is 18.6 Å². The average molecular weight is 342 g/mol. The molecular weight excluding hydrogens is 322 g/mol. The lowest BCUT2D eigenvalue weighted by Gasteiger charge is -2.38. The Morgan fingerprint density at radius 3 is 2.76 bits per heavy atom. The molecule has 25 heavy (non-hydrogen) atoms. The molecule has 1 aliphatic heterocycles. The Kier molecular flexibility index (Phi) is 3.41. The zero-order valence-electron chi connectivity index (χ0n) is 14.4. The molecular formula is C20H20F2N2O. The van der Waals surface area contributed by atoms with Crippen LogP contribution in [0.4, 0.5) is 14.5 Å². The highest BCUT2D eigenvalue weighted by molar-refractivity contribution is 5.96. The molecule has 3 aromatic rings. The number of aliphatic hydroxyl groups excluding tert-OH is 1. The van der Waals surface area contributed by atoms with E-state index in [1.54, 1.807) is 12.1 Å². The number of para-hydroxylation sites is 1. The van der Waals surface area contributed by atoms with Crippen LogP contribution in [0.25, 0.3) is 22.0 Å². The fourth-order valence-electron chi connectivity index (χ4n) is 3.60. The Labute approximate surface area is 144 Å². The van der Waals surface area contributed by atoms with Gasteiger partial charge in [-0.1, -0.05) is 18.2 Å². The molecule has 3 nitrogen and oxygen atoms in total. The van der Waals surface area contributed by atoms with Crippen LogP contribution in [0.1, 0.15) is 25.0 Å². The molecule has 0 saturated carbocycles. The van der Waals surface area contributed by atoms with E-state index in [-0.39, 0.29) is 12.0 Å². The van der Waals surface area contributed by atoms with Crippen molar-refractivity contribution in [3.63, 3.8) is 0 Å². The van der Waals surface area contributed by atoms with Crippen LogP contribution in [-0.2, 0) is 6.42 Å². The van der Waals surface area contributed by atoms with Crippen molar-refractivity contribution in [2.24, 2.45) is 0 Å². The Morgan fingerprint density at radius 1 is 1.24 bits per heavy atom. The number of aromatic amines is 1. The maximum Gasteiger partial charge on any atom is 0.139 e. The maximum absolute atomic E-state index is 15.3. The van der Waals surface area contributed by atoms with E-state index in [4.69, 9.17) is 0 Å². The summed E-state index contributed by atoms with van der Waals surface area (Å²) < 4.78 is 30.1. The van der Waals surface area contributed by atoms with Crippen molar-refractivity contribution in [1.29, 1.82) is 0 Å². The summed E-state index contributed by atoms with van der Waals surface area (Å²) in [6, 6.07) is 6.76. The van der Waals surface area contributed by atoms with Gasteiger partial charge in [0.25, 0.3) is 0 Å². The third-order valence-corrected chi connectivity index (χ3v) is 5.20. The number of benzene rings is 2. The summed E-state index contributed by atoms with van der Waals surface area (Å²) in [5.41, 5.74) is 2.26. The number of aryl methyl sites for hydroxylation is 1. The molecule has 130 valence electrons. The number of aromatic nitrogens is 1. The lowest BCUT2D eigenvalue weighted by molar-refractivity contribution is 0.109. The van der Waals surface area contributed by atoms with Crippen LogP contribution >= 0.6 is 0 Å². The lowest BCUT2D eigenvalue weighted by atomic mass is 9.84. The number of halogens is 2. The highest BCUT2D eigenvalue weighted by Gasteiger charge is 2.36. The minimum Gasteiger partial charge on any atom is -0.390 e. The summed E-state index contributed by atoms with van der Waals surface area (Å²) in [5, 5.41) is 14.3. The molecule has 2 heterocycles. The standard InChI is InChI=1S/C20H20F2N2O/c1-10-9-23-19-11(10)5-4-6-12(19)17-14(21)8-15-13(18(17)22)7-16(25)20(2,3)24-15/h4-6,8-9,16,23-25H,7H2,1-3H3. The molecule has 1 unspecified atom stereocenters. The van der Waals surface area contributed by atoms with E-state index in [0.29, 0.717) is 22.3 Å². The SMILES string of the molecule is Cc1c[nH]c2c(-c3c(F)cc4c(c3F)CC(O)C(C)(C)N4)cccc12. The van der Waals surface area contributed by atoms with Crippen molar-refractivity contribution in [2.75, 3.05) is 5.32 Å². The highest BCUT2D eigenvalue weighted by atomic mass is 19.1. The number of hydrogen-bond donors (Lipinski definition) is 3. The van der Waals surface area contributed by atoms with E-state index >= 15 is 4.39 Å². The fourth-order valence-corrected chi connectivity index (χ4v) is 3.60. The smallest absolute Gasteiger partial charge is 0.139 e. The first-order chi connectivity index (χ1) is 11.8. The van der Waals surface area contributed by atoms with Gasteiger partial charge in [-0.2, -0.15) is 0 Å². The van der Waals surface area contributed by atoms with E-state index in [2.05, 4.69) is 10.3 Å². The molecule has 4 rings (SSSR count). The molecule has 0 spiro atoms. The fraction of sp³-hybridized carbons (Fsp3) is 0.300. The first kappa shape index (κ1) is 16.1. The van der Waals surface area contributed by atoms with Crippen molar-refractivity contribution < 1.29 is 13.9 Å². The van der Waals surface area contributed by atoms with Crippen LogP contribution in [0.2, 0.25) is 0 Å². The van der Waals surface area contributed by atoms with Gasteiger partial charge in [0.2, 0.25) is 0 Å². The third kappa shape index (κ3) is 2.34. The molecule has 1 aliphatic rings. The monoisotopic (exact) mass is 342 g/mol. The molecule has 0 saturated heterocycles. The van der Waals surface area contributed by atoms with Crippen molar-refractivity contribution in [3.8, 4) is 11.1 Å². The Bertz CT molecular complexity index is 991. The van der Waals surface area contributed by atoms with Gasteiger partial charge in [0.1, 0.15) is 11.6 Å². The summed E-state index contributed by atoms with van der Waals surface area (Å²) in [6.07, 6.45) is 1.22. The van der Waals surface area contributed by atoms with E-state index in [1.807, 2.05) is 33.0 Å². The van der Waals surface area contributed by atoms with Crippen molar-refractivity contribution >= 4 is 16.6 Å². The van der Waals surface area contributed by atoms with Gasteiger partial charge in [-0.3, -0.25) is 0 Å². The molecule has 1 aromatic heterocycles. The largest absolute Gasteiger partial charge is 0.390 e. The number of H-pyrrole nitrogens is 1. The van der Waals surface area contributed by atoms with Crippen molar-refractivity contribution in [1.82, 2.24) is 4.98 Å². The number of nitrogens with one attached hydrogen (secondary N) is 2. The van der Waals surface area contributed by atoms with Crippen LogP contribution in [-0.4, -0.2) is 21.7 Å². The molecule has 0 fully saturated rings. The molecule has 3 N–H and O–H groups in total. The van der Waals surface area contributed by atoms with Gasteiger partial charge < -0.3 is 15.4 Å². The molecule has 1 atom stereocenters. The second-order valence-electron chi connectivity index (χ2n) is 7.34. The number of hydrogen-bond acceptors (Lipinski definition) is 2. The molecule has 0 radical (unpaired) electrons. The molecule has 0 amide bonds. The van der Waals surface area contributed by atoms with Crippen LogP contribution in [0.3, 0.4) is 0 Å². The number of fused-ring (bicyclic) bond motifs is 2. The lowest BCUT2D eigenvalue weighted by Crippen LogP contribution is -2.48. The molecule has 0 aliphatic carbocycles. The molecule has 5 heteroatoms.